The predicted octanol–water partition coefficient (Wildman–Crippen LogP) is 7.13. The van der Waals surface area contributed by atoms with E-state index < -0.39 is 10.0 Å². The minimum atomic E-state index is -4.01. The fourth-order valence-corrected chi connectivity index (χ4v) is 6.00. The maximum Gasteiger partial charge on any atom is 0.264 e. The van der Waals surface area contributed by atoms with E-state index in [0.29, 0.717) is 17.3 Å². The van der Waals surface area contributed by atoms with Crippen LogP contribution in [0, 0.1) is 6.92 Å². The van der Waals surface area contributed by atoms with Gasteiger partial charge in [-0.15, -0.1) is 0 Å². The van der Waals surface area contributed by atoms with Gasteiger partial charge in [0.05, 0.1) is 22.7 Å². The van der Waals surface area contributed by atoms with Crippen molar-refractivity contribution in [3.8, 4) is 0 Å². The summed E-state index contributed by atoms with van der Waals surface area (Å²) in [6.45, 7) is 2.24. The summed E-state index contributed by atoms with van der Waals surface area (Å²) < 4.78 is 29.2. The summed E-state index contributed by atoms with van der Waals surface area (Å²) in [5.41, 5.74) is 3.20. The van der Waals surface area contributed by atoms with Crippen LogP contribution in [0.5, 0.6) is 0 Å². The van der Waals surface area contributed by atoms with Gasteiger partial charge in [-0.1, -0.05) is 90.0 Å². The van der Waals surface area contributed by atoms with Gasteiger partial charge in [-0.3, -0.25) is 9.10 Å². The summed E-state index contributed by atoms with van der Waals surface area (Å²) in [6.07, 6.45) is 0. The van der Waals surface area contributed by atoms with Crippen molar-refractivity contribution in [1.29, 1.82) is 0 Å². The zero-order chi connectivity index (χ0) is 27.4. The summed E-state index contributed by atoms with van der Waals surface area (Å²) in [5.74, 6) is -0.362. The smallest absolute Gasteiger partial charge is 0.264 e. The van der Waals surface area contributed by atoms with E-state index in [1.54, 1.807) is 72.8 Å². The van der Waals surface area contributed by atoms with Gasteiger partial charge in [0.25, 0.3) is 15.9 Å². The topological polar surface area (TPSA) is 66.5 Å². The summed E-state index contributed by atoms with van der Waals surface area (Å²) >= 11 is 6.07. The van der Waals surface area contributed by atoms with Crippen LogP contribution in [0.1, 0.15) is 27.0 Å². The molecule has 0 spiro atoms. The fourth-order valence-electron chi connectivity index (χ4n) is 4.40. The van der Waals surface area contributed by atoms with Crippen molar-refractivity contribution >= 4 is 44.0 Å². The van der Waals surface area contributed by atoms with Crippen molar-refractivity contribution in [2.45, 2.75) is 24.9 Å². The highest BCUT2D eigenvalue weighted by Crippen LogP contribution is 2.30. The molecule has 0 saturated carbocycles. The third-order valence-electron chi connectivity index (χ3n) is 6.53. The van der Waals surface area contributed by atoms with Gasteiger partial charge >= 0.3 is 0 Å². The van der Waals surface area contributed by atoms with Crippen molar-refractivity contribution < 1.29 is 13.2 Å². The molecule has 7 heteroatoms. The Labute approximate surface area is 233 Å². The Hall–Kier alpha value is -4.13. The first kappa shape index (κ1) is 26.5. The van der Waals surface area contributed by atoms with E-state index in [2.05, 4.69) is 5.32 Å². The molecule has 5 rings (SSSR count). The molecule has 0 aliphatic rings. The number of fused-ring (bicyclic) bond motifs is 1. The molecule has 0 aliphatic heterocycles. The lowest BCUT2D eigenvalue weighted by atomic mass is 10.1. The monoisotopic (exact) mass is 554 g/mol. The van der Waals surface area contributed by atoms with Crippen LogP contribution in [-0.2, 0) is 23.1 Å². The first-order valence-corrected chi connectivity index (χ1v) is 14.3. The standard InChI is InChI=1S/C32H27ClN2O3S/c1-23-10-18-29(19-11-23)39(37,38)35(22-24-13-16-28(33)17-14-24)31-9-5-4-8-30(31)32(36)34-21-25-12-15-26-6-2-3-7-27(26)20-25/h2-20H,21-22H2,1H3,(H,34,36). The molecule has 0 bridgehead atoms. The van der Waals surface area contributed by atoms with Gasteiger partial charge in [-0.05, 0) is 71.3 Å². The summed E-state index contributed by atoms with van der Waals surface area (Å²) in [6, 6.07) is 34.5. The molecule has 0 heterocycles. The lowest BCUT2D eigenvalue weighted by Gasteiger charge is -2.27. The molecule has 1 amide bonds. The summed E-state index contributed by atoms with van der Waals surface area (Å²) in [7, 11) is -4.01. The highest BCUT2D eigenvalue weighted by molar-refractivity contribution is 7.92. The minimum Gasteiger partial charge on any atom is -0.348 e. The number of benzene rings is 5. The number of carbonyl (C=O) groups excluding carboxylic acids is 1. The quantitative estimate of drug-likeness (QED) is 0.222. The van der Waals surface area contributed by atoms with Crippen molar-refractivity contribution in [2.75, 3.05) is 4.31 Å². The molecule has 0 unspecified atom stereocenters. The third kappa shape index (κ3) is 5.98. The maximum absolute atomic E-state index is 14.0. The zero-order valence-corrected chi connectivity index (χ0v) is 22.9. The number of halogens is 1. The van der Waals surface area contributed by atoms with Crippen LogP contribution < -0.4 is 9.62 Å². The third-order valence-corrected chi connectivity index (χ3v) is 8.56. The number of hydrogen-bond acceptors (Lipinski definition) is 3. The number of para-hydroxylation sites is 1. The first-order valence-electron chi connectivity index (χ1n) is 12.5. The van der Waals surface area contributed by atoms with Gasteiger partial charge in [0.15, 0.2) is 0 Å². The maximum atomic E-state index is 14.0. The molecule has 1 N–H and O–H groups in total. The highest BCUT2D eigenvalue weighted by atomic mass is 35.5. The number of hydrogen-bond donors (Lipinski definition) is 1. The molecule has 196 valence electrons. The Morgan fingerprint density at radius 1 is 0.769 bits per heavy atom. The average molecular weight is 555 g/mol. The van der Waals surface area contributed by atoms with Gasteiger partial charge in [-0.25, -0.2) is 8.42 Å². The number of nitrogens with one attached hydrogen (secondary N) is 1. The van der Waals surface area contributed by atoms with E-state index in [0.717, 1.165) is 27.5 Å². The van der Waals surface area contributed by atoms with E-state index >= 15 is 0 Å². The van der Waals surface area contributed by atoms with Crippen molar-refractivity contribution in [3.63, 3.8) is 0 Å². The molecule has 0 aliphatic carbocycles. The number of nitrogens with zero attached hydrogens (tertiary/aromatic N) is 1. The van der Waals surface area contributed by atoms with Crippen LogP contribution in [0.2, 0.25) is 5.02 Å². The highest BCUT2D eigenvalue weighted by Gasteiger charge is 2.28. The van der Waals surface area contributed by atoms with E-state index in [1.165, 1.54) is 4.31 Å². The van der Waals surface area contributed by atoms with Crippen molar-refractivity contribution in [1.82, 2.24) is 5.32 Å². The van der Waals surface area contributed by atoms with Gasteiger partial charge in [0.2, 0.25) is 0 Å². The Balaban J connectivity index is 1.49. The number of carbonyl (C=O) groups is 1. The van der Waals surface area contributed by atoms with Crippen LogP contribution in [-0.4, -0.2) is 14.3 Å². The molecule has 0 saturated heterocycles. The van der Waals surface area contributed by atoms with Gasteiger partial charge in [0.1, 0.15) is 0 Å². The lowest BCUT2D eigenvalue weighted by Crippen LogP contribution is -2.33. The van der Waals surface area contributed by atoms with Crippen LogP contribution >= 0.6 is 11.6 Å². The van der Waals surface area contributed by atoms with Crippen molar-refractivity contribution in [3.05, 3.63) is 143 Å². The molecule has 5 aromatic carbocycles. The Morgan fingerprint density at radius 3 is 2.15 bits per heavy atom. The summed E-state index contributed by atoms with van der Waals surface area (Å²) in [5, 5.41) is 5.73. The lowest BCUT2D eigenvalue weighted by molar-refractivity contribution is 0.0951. The Bertz CT molecular complexity index is 1730. The molecular weight excluding hydrogens is 528 g/mol. The number of rotatable bonds is 8. The molecule has 5 nitrogen and oxygen atoms in total. The van der Waals surface area contributed by atoms with Gasteiger partial charge < -0.3 is 5.32 Å². The first-order chi connectivity index (χ1) is 18.8. The van der Waals surface area contributed by atoms with Gasteiger partial charge in [-0.2, -0.15) is 0 Å². The zero-order valence-electron chi connectivity index (χ0n) is 21.3. The Morgan fingerprint density at radius 2 is 1.41 bits per heavy atom. The average Bonchev–Trinajstić information content (AvgIpc) is 2.95. The summed E-state index contributed by atoms with van der Waals surface area (Å²) in [4.78, 5) is 13.6. The number of sulfonamides is 1. The molecule has 0 aromatic heterocycles. The fraction of sp³-hybridized carbons (Fsp3) is 0.0938. The van der Waals surface area contributed by atoms with Crippen LogP contribution in [0.15, 0.2) is 120 Å². The van der Waals surface area contributed by atoms with Gasteiger partial charge in [0, 0.05) is 11.6 Å². The molecule has 5 aromatic rings. The molecule has 0 atom stereocenters. The second-order valence-electron chi connectivity index (χ2n) is 9.33. The largest absolute Gasteiger partial charge is 0.348 e. The SMILES string of the molecule is Cc1ccc(S(=O)(=O)N(Cc2ccc(Cl)cc2)c2ccccc2C(=O)NCc2ccc3ccccc3c2)cc1. The van der Waals surface area contributed by atoms with Crippen LogP contribution in [0.4, 0.5) is 5.69 Å². The van der Waals surface area contributed by atoms with E-state index in [4.69, 9.17) is 11.6 Å². The molecular formula is C32H27ClN2O3S. The van der Waals surface area contributed by atoms with Crippen LogP contribution in [0.3, 0.4) is 0 Å². The molecule has 39 heavy (non-hydrogen) atoms. The number of aryl methyl sites for hydroxylation is 1. The second kappa shape index (κ2) is 11.3. The van der Waals surface area contributed by atoms with Crippen molar-refractivity contribution in [2.24, 2.45) is 0 Å². The predicted molar refractivity (Wildman–Crippen MR) is 158 cm³/mol. The number of amides is 1. The second-order valence-corrected chi connectivity index (χ2v) is 11.6. The molecule has 0 radical (unpaired) electrons. The normalized spacial score (nSPS) is 11.3. The Kier molecular flexibility index (Phi) is 7.68. The van der Waals surface area contributed by atoms with Crippen LogP contribution in [0.25, 0.3) is 10.8 Å². The van der Waals surface area contributed by atoms with E-state index in [1.807, 2.05) is 49.4 Å². The minimum absolute atomic E-state index is 0.0301. The van der Waals surface area contributed by atoms with E-state index in [-0.39, 0.29) is 22.9 Å². The van der Waals surface area contributed by atoms with E-state index in [9.17, 15) is 13.2 Å². The molecule has 0 fully saturated rings. The number of anilines is 1.